The minimum Gasteiger partial charge on any atom is -0.496 e. The number of carbonyl (C=O) groups is 2. The number of carbonyl (C=O) groups excluding carboxylic acids is 2. The zero-order chi connectivity index (χ0) is 19.4. The average molecular weight is 369 g/mol. The van der Waals surface area contributed by atoms with Gasteiger partial charge in [0, 0.05) is 44.1 Å². The van der Waals surface area contributed by atoms with Crippen LogP contribution in [0.15, 0.2) is 30.6 Å². The van der Waals surface area contributed by atoms with E-state index in [2.05, 4.69) is 4.98 Å². The minimum atomic E-state index is 0.0261. The molecule has 6 heteroatoms. The van der Waals surface area contributed by atoms with Gasteiger partial charge in [-0.3, -0.25) is 9.59 Å². The lowest BCUT2D eigenvalue weighted by atomic mass is 10.0. The molecule has 1 aromatic carbocycles. The molecule has 2 heterocycles. The van der Waals surface area contributed by atoms with Crippen molar-refractivity contribution in [3.8, 4) is 5.75 Å². The van der Waals surface area contributed by atoms with Crippen molar-refractivity contribution in [3.63, 3.8) is 0 Å². The summed E-state index contributed by atoms with van der Waals surface area (Å²) in [5, 5.41) is 0. The first-order valence-corrected chi connectivity index (χ1v) is 9.33. The fourth-order valence-corrected chi connectivity index (χ4v) is 3.54. The van der Waals surface area contributed by atoms with Crippen LogP contribution in [0.2, 0.25) is 0 Å². The molecule has 1 aromatic heterocycles. The molecule has 0 aliphatic carbocycles. The van der Waals surface area contributed by atoms with Crippen molar-refractivity contribution >= 4 is 11.8 Å². The van der Waals surface area contributed by atoms with Crippen molar-refractivity contribution in [2.24, 2.45) is 0 Å². The van der Waals surface area contributed by atoms with Crippen LogP contribution in [0.1, 0.15) is 33.5 Å². The second-order valence-electron chi connectivity index (χ2n) is 7.06. The van der Waals surface area contributed by atoms with E-state index < -0.39 is 0 Å². The van der Waals surface area contributed by atoms with Crippen LogP contribution in [0, 0.1) is 13.8 Å². The molecule has 1 aliphatic rings. The summed E-state index contributed by atoms with van der Waals surface area (Å²) in [5.74, 6) is 0.931. The molecule has 0 unspecified atom stereocenters. The molecule has 1 saturated heterocycles. The summed E-state index contributed by atoms with van der Waals surface area (Å²) in [5.41, 5.74) is 3.55. The molecule has 0 radical (unpaired) electrons. The Bertz CT molecular complexity index is 814. The number of aromatic nitrogens is 1. The van der Waals surface area contributed by atoms with Gasteiger partial charge in [-0.25, -0.2) is 0 Å². The summed E-state index contributed by atoms with van der Waals surface area (Å²) >= 11 is 0. The minimum absolute atomic E-state index is 0.0261. The fourth-order valence-electron chi connectivity index (χ4n) is 3.54. The molecular weight excluding hydrogens is 342 g/mol. The summed E-state index contributed by atoms with van der Waals surface area (Å²) in [6.07, 6.45) is 4.86. The number of benzene rings is 1. The Balaban J connectivity index is 1.66. The highest BCUT2D eigenvalue weighted by Crippen LogP contribution is 2.24. The first-order valence-electron chi connectivity index (χ1n) is 9.33. The highest BCUT2D eigenvalue weighted by Gasteiger charge is 2.24. The maximum Gasteiger partial charge on any atom is 0.254 e. The van der Waals surface area contributed by atoms with Crippen LogP contribution >= 0.6 is 0 Å². The van der Waals surface area contributed by atoms with E-state index in [1.807, 2.05) is 54.2 Å². The largest absolute Gasteiger partial charge is 0.496 e. The molecule has 3 rings (SSSR count). The summed E-state index contributed by atoms with van der Waals surface area (Å²) in [6, 6.07) is 5.73. The molecule has 0 spiro atoms. The summed E-state index contributed by atoms with van der Waals surface area (Å²) < 4.78 is 5.34. The maximum absolute atomic E-state index is 13.0. The summed E-state index contributed by atoms with van der Waals surface area (Å²) in [6.45, 7) is 6.36. The van der Waals surface area contributed by atoms with Gasteiger partial charge in [0.1, 0.15) is 5.75 Å². The van der Waals surface area contributed by atoms with Crippen molar-refractivity contribution < 1.29 is 14.3 Å². The van der Waals surface area contributed by atoms with Crippen molar-refractivity contribution in [3.05, 3.63) is 52.8 Å². The molecule has 27 heavy (non-hydrogen) atoms. The number of methoxy groups -OCH3 is 1. The molecule has 1 N–H and O–H groups in total. The van der Waals surface area contributed by atoms with Gasteiger partial charge in [-0.1, -0.05) is 0 Å². The van der Waals surface area contributed by atoms with Gasteiger partial charge in [0.25, 0.3) is 5.91 Å². The topological polar surface area (TPSA) is 65.6 Å². The van der Waals surface area contributed by atoms with E-state index >= 15 is 0 Å². The van der Waals surface area contributed by atoms with E-state index in [9.17, 15) is 9.59 Å². The van der Waals surface area contributed by atoms with Crippen LogP contribution in [0.25, 0.3) is 0 Å². The molecular formula is C21H27N3O3. The van der Waals surface area contributed by atoms with Gasteiger partial charge in [0.2, 0.25) is 5.91 Å². The number of hydrogen-bond acceptors (Lipinski definition) is 3. The third kappa shape index (κ3) is 4.32. The number of aryl methyl sites for hydroxylation is 2. The highest BCUT2D eigenvalue weighted by molar-refractivity contribution is 5.96. The number of nitrogens with zero attached hydrogens (tertiary/aromatic N) is 2. The number of aromatic amines is 1. The van der Waals surface area contributed by atoms with E-state index in [0.29, 0.717) is 38.2 Å². The van der Waals surface area contributed by atoms with Crippen LogP contribution < -0.4 is 4.74 Å². The number of H-pyrrole nitrogens is 1. The molecule has 6 nitrogen and oxygen atoms in total. The summed E-state index contributed by atoms with van der Waals surface area (Å²) in [7, 11) is 1.64. The van der Waals surface area contributed by atoms with Crippen molar-refractivity contribution in [1.82, 2.24) is 14.8 Å². The smallest absolute Gasteiger partial charge is 0.254 e. The Morgan fingerprint density at radius 3 is 2.52 bits per heavy atom. The predicted octanol–water partition coefficient (Wildman–Crippen LogP) is 2.56. The van der Waals surface area contributed by atoms with Crippen LogP contribution in [-0.2, 0) is 11.2 Å². The monoisotopic (exact) mass is 369 g/mol. The van der Waals surface area contributed by atoms with Crippen LogP contribution in [-0.4, -0.2) is 59.9 Å². The van der Waals surface area contributed by atoms with E-state index in [-0.39, 0.29) is 11.8 Å². The molecule has 2 amide bonds. The Labute approximate surface area is 160 Å². The SMILES string of the molecule is COc1cc(C)c(C(=O)N2CCCN(C(=O)Cc3cc[nH]c3)CC2)cc1C. The second-order valence-corrected chi connectivity index (χ2v) is 7.06. The number of ether oxygens (including phenoxy) is 1. The van der Waals surface area contributed by atoms with E-state index in [0.717, 1.165) is 28.9 Å². The number of rotatable bonds is 4. The zero-order valence-electron chi connectivity index (χ0n) is 16.2. The number of nitrogens with one attached hydrogen (secondary N) is 1. The Hall–Kier alpha value is -2.76. The van der Waals surface area contributed by atoms with Crippen molar-refractivity contribution in [2.75, 3.05) is 33.3 Å². The van der Waals surface area contributed by atoms with Gasteiger partial charge in [-0.2, -0.15) is 0 Å². The van der Waals surface area contributed by atoms with Gasteiger partial charge in [-0.15, -0.1) is 0 Å². The molecule has 144 valence electrons. The Morgan fingerprint density at radius 2 is 1.81 bits per heavy atom. The van der Waals surface area contributed by atoms with E-state index in [1.54, 1.807) is 7.11 Å². The van der Waals surface area contributed by atoms with E-state index in [4.69, 9.17) is 4.74 Å². The van der Waals surface area contributed by atoms with Crippen LogP contribution in [0.3, 0.4) is 0 Å². The number of amides is 2. The van der Waals surface area contributed by atoms with Crippen molar-refractivity contribution in [2.45, 2.75) is 26.7 Å². The van der Waals surface area contributed by atoms with Gasteiger partial charge in [-0.05, 0) is 55.2 Å². The van der Waals surface area contributed by atoms with Crippen LogP contribution in [0.5, 0.6) is 5.75 Å². The van der Waals surface area contributed by atoms with E-state index in [1.165, 1.54) is 0 Å². The van der Waals surface area contributed by atoms with Crippen molar-refractivity contribution in [1.29, 1.82) is 0 Å². The van der Waals surface area contributed by atoms with Gasteiger partial charge < -0.3 is 19.5 Å². The molecule has 0 bridgehead atoms. The lowest BCUT2D eigenvalue weighted by Gasteiger charge is -2.23. The van der Waals surface area contributed by atoms with Gasteiger partial charge in [0.05, 0.1) is 13.5 Å². The third-order valence-electron chi connectivity index (χ3n) is 5.13. The maximum atomic E-state index is 13.0. The fraction of sp³-hybridized carbons (Fsp3) is 0.429. The average Bonchev–Trinajstić information content (AvgIpc) is 3.03. The zero-order valence-corrected chi connectivity index (χ0v) is 16.2. The quantitative estimate of drug-likeness (QED) is 0.901. The Kier molecular flexibility index (Phi) is 5.84. The first kappa shape index (κ1) is 19.0. The molecule has 1 aliphatic heterocycles. The normalized spacial score (nSPS) is 14.8. The molecule has 0 saturated carbocycles. The highest BCUT2D eigenvalue weighted by atomic mass is 16.5. The molecule has 0 atom stereocenters. The lowest BCUT2D eigenvalue weighted by molar-refractivity contribution is -0.130. The molecule has 1 fully saturated rings. The Morgan fingerprint density at radius 1 is 1.07 bits per heavy atom. The van der Waals surface area contributed by atoms with Crippen LogP contribution in [0.4, 0.5) is 0 Å². The lowest BCUT2D eigenvalue weighted by Crippen LogP contribution is -2.38. The van der Waals surface area contributed by atoms with Gasteiger partial charge in [0.15, 0.2) is 0 Å². The first-order chi connectivity index (χ1) is 13.0. The predicted molar refractivity (Wildman–Crippen MR) is 104 cm³/mol. The molecule has 2 aromatic rings. The van der Waals surface area contributed by atoms with Gasteiger partial charge >= 0.3 is 0 Å². The second kappa shape index (κ2) is 8.29. The third-order valence-corrected chi connectivity index (χ3v) is 5.13. The standard InChI is InChI=1S/C21H27N3O3/c1-15-12-19(27-3)16(2)11-18(15)21(26)24-8-4-7-23(9-10-24)20(25)13-17-5-6-22-14-17/h5-6,11-12,14,22H,4,7-10,13H2,1-3H3. The summed E-state index contributed by atoms with van der Waals surface area (Å²) in [4.78, 5) is 32.3. The number of hydrogen-bond donors (Lipinski definition) is 1.